The molecule has 0 aliphatic rings. The number of benzene rings is 9. The Labute approximate surface area is 376 Å². The topological polar surface area (TPSA) is 66.0 Å². The first-order chi connectivity index (χ1) is 32.6. The Bertz CT molecular complexity index is 4120. The van der Waals surface area contributed by atoms with Crippen LogP contribution in [0.1, 0.15) is 0 Å². The van der Waals surface area contributed by atoms with Crippen LogP contribution in [0.3, 0.4) is 0 Å². The van der Waals surface area contributed by atoms with Gasteiger partial charge < -0.3 is 8.98 Å². The molecule has 0 radical (unpaired) electrons. The first-order valence-corrected chi connectivity index (χ1v) is 21.6. The molecule has 8 heteroatoms. The van der Waals surface area contributed by atoms with Crippen molar-refractivity contribution in [1.82, 2.24) is 24.1 Å². The molecule has 0 spiro atoms. The maximum absolute atomic E-state index is 15.1. The molecular weight excluding hydrogens is 816 g/mol. The fourth-order valence-corrected chi connectivity index (χ4v) is 9.64. The molecule has 0 unspecified atom stereocenters. The van der Waals surface area contributed by atoms with E-state index in [1.54, 1.807) is 12.1 Å². The minimum absolute atomic E-state index is 0.319. The quantitative estimate of drug-likeness (QED) is 0.156. The highest BCUT2D eigenvalue weighted by molar-refractivity contribution is 6.24. The number of nitrogens with zero attached hydrogens (tertiary/aromatic N) is 6. The summed E-state index contributed by atoms with van der Waals surface area (Å²) in [5, 5.41) is 6.15. The van der Waals surface area contributed by atoms with E-state index in [4.69, 9.17) is 25.9 Å². The van der Waals surface area contributed by atoms with Gasteiger partial charge in [0, 0.05) is 54.7 Å². The zero-order valence-electron chi connectivity index (χ0n) is 35.0. The third-order valence-electron chi connectivity index (χ3n) is 12.7. The second kappa shape index (κ2) is 14.7. The molecule has 0 N–H and O–H groups in total. The van der Waals surface area contributed by atoms with E-state index in [1.165, 1.54) is 6.07 Å². The van der Waals surface area contributed by atoms with Gasteiger partial charge in [-0.3, -0.25) is 4.57 Å². The van der Waals surface area contributed by atoms with Crippen molar-refractivity contribution in [2.75, 3.05) is 0 Å². The van der Waals surface area contributed by atoms with Crippen molar-refractivity contribution in [2.24, 2.45) is 0 Å². The van der Waals surface area contributed by atoms with Crippen LogP contribution in [0, 0.1) is 12.4 Å². The monoisotopic (exact) mass is 848 g/mol. The van der Waals surface area contributed by atoms with Crippen LogP contribution in [0.2, 0.25) is 0 Å². The van der Waals surface area contributed by atoms with Crippen LogP contribution in [0.4, 0.5) is 10.1 Å². The summed E-state index contributed by atoms with van der Waals surface area (Å²) in [6.07, 6.45) is 0. The fourth-order valence-electron chi connectivity index (χ4n) is 9.64. The van der Waals surface area contributed by atoms with Crippen molar-refractivity contribution in [2.45, 2.75) is 0 Å². The summed E-state index contributed by atoms with van der Waals surface area (Å²) in [6.45, 7) is 7.37. The van der Waals surface area contributed by atoms with E-state index >= 15 is 4.39 Å². The molecule has 0 fully saturated rings. The first kappa shape index (κ1) is 37.4. The third-order valence-corrected chi connectivity index (χ3v) is 12.7. The Morgan fingerprint density at radius 3 is 1.68 bits per heavy atom. The van der Waals surface area contributed by atoms with Gasteiger partial charge in [0.15, 0.2) is 17.3 Å². The lowest BCUT2D eigenvalue weighted by Gasteiger charge is -2.14. The van der Waals surface area contributed by atoms with Crippen LogP contribution >= 0.6 is 0 Å². The van der Waals surface area contributed by atoms with E-state index in [0.29, 0.717) is 28.9 Å². The molecule has 4 aromatic heterocycles. The Kier molecular flexibility index (Phi) is 8.32. The van der Waals surface area contributed by atoms with E-state index < -0.39 is 0 Å². The molecule has 0 saturated carbocycles. The molecule has 13 aromatic rings. The van der Waals surface area contributed by atoms with Crippen LogP contribution < -0.4 is 0 Å². The lowest BCUT2D eigenvalue weighted by molar-refractivity contribution is 0.628. The second-order valence-corrected chi connectivity index (χ2v) is 16.4. The van der Waals surface area contributed by atoms with Crippen molar-refractivity contribution in [3.05, 3.63) is 217 Å². The van der Waals surface area contributed by atoms with E-state index in [-0.39, 0.29) is 5.82 Å². The summed E-state index contributed by atoms with van der Waals surface area (Å²) in [7, 11) is 0. The number of fused-ring (bicyclic) bond motifs is 10. The molecule has 0 aliphatic heterocycles. The van der Waals surface area contributed by atoms with Gasteiger partial charge in [0.2, 0.25) is 5.95 Å². The van der Waals surface area contributed by atoms with Crippen LogP contribution in [0.5, 0.6) is 0 Å². The lowest BCUT2D eigenvalue weighted by atomic mass is 10.0. The van der Waals surface area contributed by atoms with Crippen molar-refractivity contribution < 1.29 is 8.81 Å². The van der Waals surface area contributed by atoms with Gasteiger partial charge in [0.25, 0.3) is 0 Å². The average Bonchev–Trinajstić information content (AvgIpc) is 4.04. The predicted molar refractivity (Wildman–Crippen MR) is 264 cm³/mol. The second-order valence-electron chi connectivity index (χ2n) is 16.4. The zero-order valence-corrected chi connectivity index (χ0v) is 35.0. The highest BCUT2D eigenvalue weighted by Crippen LogP contribution is 2.44. The van der Waals surface area contributed by atoms with E-state index in [0.717, 1.165) is 99.0 Å². The van der Waals surface area contributed by atoms with Gasteiger partial charge in [0.1, 0.15) is 17.0 Å². The number of aromatic nitrogens is 5. The van der Waals surface area contributed by atoms with Crippen molar-refractivity contribution in [1.29, 1.82) is 0 Å². The number of rotatable bonds is 6. The number of hydrogen-bond acceptors (Lipinski definition) is 4. The molecular formula is C58H33FN6O. The van der Waals surface area contributed by atoms with E-state index in [2.05, 4.69) is 105 Å². The van der Waals surface area contributed by atoms with Gasteiger partial charge >= 0.3 is 0 Å². The summed E-state index contributed by atoms with van der Waals surface area (Å²) < 4.78 is 26.1. The summed E-state index contributed by atoms with van der Waals surface area (Å²) in [5.74, 6) is 1.24. The fraction of sp³-hybridized carbons (Fsp3) is 0. The highest BCUT2D eigenvalue weighted by Gasteiger charge is 2.25. The SMILES string of the molecule is [C-]#[N+]c1ccc(-c2ccc(-c3nc(-c4ccccc4)nc(-n4c5ccccc5c5ccc6c7ccccc7n(-c7cc(-c8cccc(F)c8)c8oc9ccccc9c8c7)c6c54)n3)cc2)cc1. The Balaban J connectivity index is 1.12. The van der Waals surface area contributed by atoms with Crippen LogP contribution in [-0.2, 0) is 0 Å². The highest BCUT2D eigenvalue weighted by atomic mass is 19.1. The van der Waals surface area contributed by atoms with Crippen molar-refractivity contribution in [3.8, 4) is 56.7 Å². The lowest BCUT2D eigenvalue weighted by Crippen LogP contribution is -2.07. The molecule has 66 heavy (non-hydrogen) atoms. The molecule has 4 heterocycles. The minimum Gasteiger partial charge on any atom is -0.455 e. The average molecular weight is 849 g/mol. The number of para-hydroxylation sites is 3. The molecule has 7 nitrogen and oxygen atoms in total. The molecule has 13 rings (SSSR count). The molecule has 308 valence electrons. The van der Waals surface area contributed by atoms with E-state index in [9.17, 15) is 0 Å². The number of furan rings is 1. The molecule has 0 saturated heterocycles. The van der Waals surface area contributed by atoms with Crippen molar-refractivity contribution >= 4 is 71.2 Å². The van der Waals surface area contributed by atoms with Crippen molar-refractivity contribution in [3.63, 3.8) is 0 Å². The smallest absolute Gasteiger partial charge is 0.238 e. The standard InChI is InChI=1S/C58H33FN6O/c1-60-41-28-26-36(27-29-41)35-22-24-38(25-23-35)57-61-56(37-12-3-2-4-13-37)62-58(63-57)65-51-20-9-6-17-44(51)47-31-30-46-43-16-5-8-19-50(43)64(53(46)54(47)65)42-33-48(39-14-11-15-40(59)32-39)55-49(34-42)45-18-7-10-21-52(45)66-55/h2-34H. The zero-order chi connectivity index (χ0) is 43.9. The largest absolute Gasteiger partial charge is 0.455 e. The molecule has 0 amide bonds. The van der Waals surface area contributed by atoms with Gasteiger partial charge in [-0.25, -0.2) is 14.2 Å². The molecule has 0 bridgehead atoms. The van der Waals surface area contributed by atoms with Gasteiger partial charge in [-0.05, 0) is 59.2 Å². The summed E-state index contributed by atoms with van der Waals surface area (Å²) in [5.41, 5.74) is 12.1. The van der Waals surface area contributed by atoms with Gasteiger partial charge in [-0.1, -0.05) is 158 Å². The number of hydrogen-bond donors (Lipinski definition) is 0. The summed E-state index contributed by atoms with van der Waals surface area (Å²) >= 11 is 0. The Hall–Kier alpha value is -9.19. The van der Waals surface area contributed by atoms with Gasteiger partial charge in [-0.2, -0.15) is 9.97 Å². The molecule has 0 atom stereocenters. The van der Waals surface area contributed by atoms with E-state index in [1.807, 2.05) is 91.0 Å². The normalized spacial score (nSPS) is 11.7. The summed E-state index contributed by atoms with van der Waals surface area (Å²) in [6, 6.07) is 66.2. The maximum atomic E-state index is 15.1. The van der Waals surface area contributed by atoms with Gasteiger partial charge in [0.05, 0.1) is 28.6 Å². The predicted octanol–water partition coefficient (Wildman–Crippen LogP) is 15.3. The summed E-state index contributed by atoms with van der Waals surface area (Å²) in [4.78, 5) is 19.3. The van der Waals surface area contributed by atoms with Crippen LogP contribution in [0.15, 0.2) is 205 Å². The number of halogens is 1. The Morgan fingerprint density at radius 1 is 0.439 bits per heavy atom. The molecule has 0 aliphatic carbocycles. The minimum atomic E-state index is -0.319. The first-order valence-electron chi connectivity index (χ1n) is 21.6. The Morgan fingerprint density at radius 2 is 1.00 bits per heavy atom. The van der Waals surface area contributed by atoms with Gasteiger partial charge in [-0.15, -0.1) is 0 Å². The maximum Gasteiger partial charge on any atom is 0.238 e. The van der Waals surface area contributed by atoms with Crippen LogP contribution in [0.25, 0.3) is 127 Å². The van der Waals surface area contributed by atoms with Crippen LogP contribution in [-0.4, -0.2) is 24.1 Å². The third kappa shape index (κ3) is 5.84. The molecule has 9 aromatic carbocycles.